The highest BCUT2D eigenvalue weighted by Gasteiger charge is 2.26. The predicted molar refractivity (Wildman–Crippen MR) is 142 cm³/mol. The minimum Gasteiger partial charge on any atom is -0.478 e. The number of carboxylic acid groups (broad SMARTS) is 1. The van der Waals surface area contributed by atoms with E-state index in [9.17, 15) is 14.4 Å². The Morgan fingerprint density at radius 1 is 1.09 bits per heavy atom. The van der Waals surface area contributed by atoms with Gasteiger partial charge in [-0.15, -0.1) is 0 Å². The quantitative estimate of drug-likeness (QED) is 0.445. The van der Waals surface area contributed by atoms with Crippen molar-refractivity contribution >= 4 is 17.8 Å². The number of aliphatic carboxylic acids is 1. The fraction of sp³-hybridized carbons (Fsp3) is 0.815. The zero-order chi connectivity index (χ0) is 26.8. The van der Waals surface area contributed by atoms with Gasteiger partial charge < -0.3 is 15.3 Å². The zero-order valence-corrected chi connectivity index (χ0v) is 23.6. The molecule has 3 atom stereocenters. The first-order chi connectivity index (χ1) is 15.9. The van der Waals surface area contributed by atoms with Gasteiger partial charge in [0, 0.05) is 37.7 Å². The Kier molecular flexibility index (Phi) is 19.6. The highest BCUT2D eigenvalue weighted by Crippen LogP contribution is 2.19. The van der Waals surface area contributed by atoms with Gasteiger partial charge in [0.2, 0.25) is 11.8 Å². The molecule has 34 heavy (non-hydrogen) atoms. The number of piperidine rings is 1. The third-order valence-electron chi connectivity index (χ3n) is 5.95. The van der Waals surface area contributed by atoms with E-state index in [-0.39, 0.29) is 29.9 Å². The lowest BCUT2D eigenvalue weighted by Crippen LogP contribution is -2.50. The summed E-state index contributed by atoms with van der Waals surface area (Å²) in [5.41, 5.74) is 0.192. The number of rotatable bonds is 9. The van der Waals surface area contributed by atoms with Crippen LogP contribution in [0.3, 0.4) is 0 Å². The number of likely N-dealkylation sites (tertiary alicyclic amines) is 1. The van der Waals surface area contributed by atoms with Gasteiger partial charge in [0.1, 0.15) is 6.04 Å². The van der Waals surface area contributed by atoms with Crippen LogP contribution in [0.2, 0.25) is 0 Å². The van der Waals surface area contributed by atoms with Crippen LogP contribution in [-0.2, 0) is 14.4 Å². The molecule has 0 saturated carbocycles. The molecule has 2 amide bonds. The standard InChI is InChI=1S/C14H24N2O4.C10H21N.C3H8/c1-6-16(8-7-10(4)14(19)20)13(18)12(9(2)3)15-11(5)17;1-4-9(2)11-8-6-5-7-10(11)3;1-3-2/h7,9,12H,6,8H2,1-5H3,(H,15,17)(H,19,20);9-10H,4-8H2,1-3H3;3H2,1-2H3/b10-7+;;. The van der Waals surface area contributed by atoms with Crippen LogP contribution in [0.4, 0.5) is 0 Å². The van der Waals surface area contributed by atoms with Crippen molar-refractivity contribution in [2.45, 2.75) is 119 Å². The van der Waals surface area contributed by atoms with Crippen molar-refractivity contribution < 1.29 is 19.5 Å². The summed E-state index contributed by atoms with van der Waals surface area (Å²) in [5, 5.41) is 11.4. The summed E-state index contributed by atoms with van der Waals surface area (Å²) in [6.07, 6.45) is 8.30. The molecule has 0 aromatic carbocycles. The SMILES string of the molecule is CCC.CCC(C)N1CCCCC1C.CCN(C/C=C(\C)C(=O)O)C(=O)C(NC(C)=O)C(C)C. The number of carboxylic acids is 1. The van der Waals surface area contributed by atoms with Crippen LogP contribution in [-0.4, -0.2) is 70.4 Å². The second kappa shape index (κ2) is 19.4. The van der Waals surface area contributed by atoms with Gasteiger partial charge in [-0.3, -0.25) is 14.5 Å². The normalized spacial score (nSPS) is 18.0. The summed E-state index contributed by atoms with van der Waals surface area (Å²) >= 11 is 0. The first-order valence-electron chi connectivity index (χ1n) is 13.1. The maximum absolute atomic E-state index is 12.4. The molecular formula is C27H53N3O4. The monoisotopic (exact) mass is 483 g/mol. The van der Waals surface area contributed by atoms with Gasteiger partial charge in [0.05, 0.1) is 0 Å². The molecule has 1 heterocycles. The second-order valence-corrected chi connectivity index (χ2v) is 9.54. The maximum atomic E-state index is 12.4. The molecule has 7 nitrogen and oxygen atoms in total. The van der Waals surface area contributed by atoms with Gasteiger partial charge >= 0.3 is 5.97 Å². The minimum atomic E-state index is -1.00. The van der Waals surface area contributed by atoms with Crippen molar-refractivity contribution in [2.75, 3.05) is 19.6 Å². The van der Waals surface area contributed by atoms with Crippen molar-refractivity contribution in [3.05, 3.63) is 11.6 Å². The van der Waals surface area contributed by atoms with Crippen molar-refractivity contribution in [3.8, 4) is 0 Å². The van der Waals surface area contributed by atoms with E-state index in [0.29, 0.717) is 6.54 Å². The molecule has 0 spiro atoms. The van der Waals surface area contributed by atoms with E-state index in [0.717, 1.165) is 12.1 Å². The van der Waals surface area contributed by atoms with Gasteiger partial charge in [0.15, 0.2) is 0 Å². The van der Waals surface area contributed by atoms with E-state index in [4.69, 9.17) is 5.11 Å². The Morgan fingerprint density at radius 3 is 2.03 bits per heavy atom. The molecule has 1 saturated heterocycles. The Morgan fingerprint density at radius 2 is 1.65 bits per heavy atom. The van der Waals surface area contributed by atoms with Crippen molar-refractivity contribution in [3.63, 3.8) is 0 Å². The summed E-state index contributed by atoms with van der Waals surface area (Å²) in [6.45, 7) is 21.6. The number of carbonyl (C=O) groups excluding carboxylic acids is 2. The Balaban J connectivity index is 0. The molecule has 0 radical (unpaired) electrons. The molecule has 0 aromatic rings. The summed E-state index contributed by atoms with van der Waals surface area (Å²) in [7, 11) is 0. The Bertz CT molecular complexity index is 615. The van der Waals surface area contributed by atoms with Crippen LogP contribution in [0, 0.1) is 5.92 Å². The van der Waals surface area contributed by atoms with Crippen LogP contribution in [0.25, 0.3) is 0 Å². The molecule has 3 unspecified atom stereocenters. The molecule has 7 heteroatoms. The smallest absolute Gasteiger partial charge is 0.331 e. The number of amides is 2. The van der Waals surface area contributed by atoms with E-state index < -0.39 is 12.0 Å². The summed E-state index contributed by atoms with van der Waals surface area (Å²) < 4.78 is 0. The lowest BCUT2D eigenvalue weighted by atomic mass is 10.0. The van der Waals surface area contributed by atoms with Gasteiger partial charge in [-0.25, -0.2) is 4.79 Å². The van der Waals surface area contributed by atoms with E-state index in [1.807, 2.05) is 20.8 Å². The van der Waals surface area contributed by atoms with Crippen molar-refractivity contribution in [1.82, 2.24) is 15.1 Å². The lowest BCUT2D eigenvalue weighted by molar-refractivity contribution is -0.136. The molecule has 0 aliphatic carbocycles. The van der Waals surface area contributed by atoms with Crippen LogP contribution >= 0.6 is 0 Å². The number of hydrogen-bond acceptors (Lipinski definition) is 4. The van der Waals surface area contributed by atoms with E-state index in [1.54, 1.807) is 0 Å². The molecule has 200 valence electrons. The van der Waals surface area contributed by atoms with Gasteiger partial charge in [-0.05, 0) is 59.4 Å². The molecule has 1 aliphatic rings. The van der Waals surface area contributed by atoms with Crippen LogP contribution in [0.5, 0.6) is 0 Å². The van der Waals surface area contributed by atoms with E-state index >= 15 is 0 Å². The Labute approximate surface area is 209 Å². The lowest BCUT2D eigenvalue weighted by Gasteiger charge is -2.37. The average molecular weight is 484 g/mol. The third-order valence-corrected chi connectivity index (χ3v) is 5.95. The molecule has 2 N–H and O–H groups in total. The molecule has 1 fully saturated rings. The fourth-order valence-electron chi connectivity index (χ4n) is 3.65. The summed E-state index contributed by atoms with van der Waals surface area (Å²) in [5.74, 6) is -1.50. The van der Waals surface area contributed by atoms with Crippen LogP contribution in [0.15, 0.2) is 11.6 Å². The van der Waals surface area contributed by atoms with Crippen LogP contribution < -0.4 is 5.32 Å². The molecule has 1 aliphatic heterocycles. The molecule has 0 aromatic heterocycles. The average Bonchev–Trinajstić information content (AvgIpc) is 2.77. The topological polar surface area (TPSA) is 89.9 Å². The first-order valence-corrected chi connectivity index (χ1v) is 13.1. The Hall–Kier alpha value is -1.89. The second-order valence-electron chi connectivity index (χ2n) is 9.54. The van der Waals surface area contributed by atoms with E-state index in [2.05, 4.69) is 44.8 Å². The van der Waals surface area contributed by atoms with Crippen molar-refractivity contribution in [2.24, 2.45) is 5.92 Å². The van der Waals surface area contributed by atoms with Crippen LogP contribution in [0.1, 0.15) is 101 Å². The van der Waals surface area contributed by atoms with Gasteiger partial charge in [-0.2, -0.15) is 0 Å². The number of hydrogen-bond donors (Lipinski definition) is 2. The molecule has 0 bridgehead atoms. The largest absolute Gasteiger partial charge is 0.478 e. The molecular weight excluding hydrogens is 430 g/mol. The predicted octanol–water partition coefficient (Wildman–Crippen LogP) is 5.10. The highest BCUT2D eigenvalue weighted by atomic mass is 16.4. The summed E-state index contributed by atoms with van der Waals surface area (Å²) in [4.78, 5) is 38.4. The number of likely N-dealkylation sites (N-methyl/N-ethyl adjacent to an activating group) is 1. The van der Waals surface area contributed by atoms with Gasteiger partial charge in [0.25, 0.3) is 0 Å². The minimum absolute atomic E-state index is 0.0370. The fourth-order valence-corrected chi connectivity index (χ4v) is 3.65. The summed E-state index contributed by atoms with van der Waals surface area (Å²) in [6, 6.07) is 1.04. The number of nitrogens with zero attached hydrogens (tertiary/aromatic N) is 2. The number of nitrogens with one attached hydrogen (secondary N) is 1. The van der Waals surface area contributed by atoms with E-state index in [1.165, 1.54) is 63.5 Å². The maximum Gasteiger partial charge on any atom is 0.331 e. The van der Waals surface area contributed by atoms with Gasteiger partial charge in [-0.1, -0.05) is 53.5 Å². The zero-order valence-electron chi connectivity index (χ0n) is 23.6. The molecule has 1 rings (SSSR count). The number of carbonyl (C=O) groups is 3. The highest BCUT2D eigenvalue weighted by molar-refractivity contribution is 5.88. The van der Waals surface area contributed by atoms with Crippen molar-refractivity contribution in [1.29, 1.82) is 0 Å². The first kappa shape index (κ1) is 34.3. The third kappa shape index (κ3) is 14.4.